The Labute approximate surface area is 85.9 Å². The molecule has 0 radical (unpaired) electrons. The van der Waals surface area contributed by atoms with Crippen molar-refractivity contribution in [3.05, 3.63) is 17.0 Å². The summed E-state index contributed by atoms with van der Waals surface area (Å²) in [7, 11) is 0. The Kier molecular flexibility index (Phi) is 2.10. The fourth-order valence-electron chi connectivity index (χ4n) is 2.08. The summed E-state index contributed by atoms with van der Waals surface area (Å²) in [6.45, 7) is 4.12. The third kappa shape index (κ3) is 1.87. The van der Waals surface area contributed by atoms with Gasteiger partial charge in [-0.05, 0) is 24.7 Å². The van der Waals surface area contributed by atoms with Gasteiger partial charge in [-0.2, -0.15) is 18.3 Å². The molecule has 0 spiro atoms. The molecule has 1 aliphatic carbocycles. The Balaban J connectivity index is 2.39. The van der Waals surface area contributed by atoms with Crippen molar-refractivity contribution in [1.29, 1.82) is 0 Å². The molecule has 1 heterocycles. The monoisotopic (exact) mass is 218 g/mol. The maximum absolute atomic E-state index is 12.5. The van der Waals surface area contributed by atoms with Crippen LogP contribution in [0.1, 0.15) is 37.2 Å². The van der Waals surface area contributed by atoms with Gasteiger partial charge in [0.1, 0.15) is 0 Å². The third-order valence-electron chi connectivity index (χ3n) is 2.93. The zero-order valence-corrected chi connectivity index (χ0v) is 8.70. The summed E-state index contributed by atoms with van der Waals surface area (Å²) in [5.74, 6) is 0. The van der Waals surface area contributed by atoms with Crippen molar-refractivity contribution in [3.63, 3.8) is 0 Å². The molecule has 1 N–H and O–H groups in total. The smallest absolute Gasteiger partial charge is 0.282 e. The topological polar surface area (TPSA) is 28.7 Å². The largest absolute Gasteiger partial charge is 0.435 e. The highest BCUT2D eigenvalue weighted by Crippen LogP contribution is 2.39. The second-order valence-electron chi connectivity index (χ2n) is 4.87. The van der Waals surface area contributed by atoms with Gasteiger partial charge in [0, 0.05) is 11.3 Å². The summed E-state index contributed by atoms with van der Waals surface area (Å²) in [5.41, 5.74) is 0.357. The average Bonchev–Trinajstić information content (AvgIpc) is 2.43. The number of nitrogens with zero attached hydrogens (tertiary/aromatic N) is 1. The Morgan fingerprint density at radius 2 is 2.00 bits per heavy atom. The minimum absolute atomic E-state index is 0.0718. The van der Waals surface area contributed by atoms with Crippen LogP contribution in [-0.4, -0.2) is 10.2 Å². The molecule has 2 nitrogen and oxygen atoms in total. The average molecular weight is 218 g/mol. The number of alkyl halides is 3. The van der Waals surface area contributed by atoms with E-state index in [0.29, 0.717) is 24.1 Å². The molecule has 0 fully saturated rings. The van der Waals surface area contributed by atoms with Gasteiger partial charge in [0.05, 0.1) is 0 Å². The molecule has 0 bridgehead atoms. The van der Waals surface area contributed by atoms with Crippen LogP contribution in [0.5, 0.6) is 0 Å². The van der Waals surface area contributed by atoms with E-state index in [1.165, 1.54) is 0 Å². The van der Waals surface area contributed by atoms with Crippen LogP contribution < -0.4 is 0 Å². The highest BCUT2D eigenvalue weighted by molar-refractivity contribution is 5.30. The molecule has 0 atom stereocenters. The molecular weight excluding hydrogens is 205 g/mol. The minimum atomic E-state index is -4.33. The molecule has 0 aliphatic heterocycles. The summed E-state index contributed by atoms with van der Waals surface area (Å²) < 4.78 is 37.6. The molecule has 0 amide bonds. The van der Waals surface area contributed by atoms with Gasteiger partial charge in [-0.25, -0.2) is 0 Å². The van der Waals surface area contributed by atoms with E-state index in [1.807, 2.05) is 0 Å². The Bertz CT molecular complexity index is 377. The van der Waals surface area contributed by atoms with Crippen molar-refractivity contribution in [1.82, 2.24) is 10.2 Å². The molecular formula is C10H13F3N2. The van der Waals surface area contributed by atoms with E-state index < -0.39 is 11.9 Å². The number of hydrogen-bond acceptors (Lipinski definition) is 1. The molecule has 15 heavy (non-hydrogen) atoms. The first kappa shape index (κ1) is 10.5. The summed E-state index contributed by atoms with van der Waals surface area (Å²) >= 11 is 0. The first-order valence-corrected chi connectivity index (χ1v) is 4.93. The number of fused-ring (bicyclic) bond motifs is 1. The molecule has 1 aromatic heterocycles. The summed E-state index contributed by atoms with van der Waals surface area (Å²) in [5, 5.41) is 5.90. The van der Waals surface area contributed by atoms with E-state index in [0.717, 1.165) is 6.42 Å². The van der Waals surface area contributed by atoms with Crippen LogP contribution in [-0.2, 0) is 19.0 Å². The Morgan fingerprint density at radius 3 is 2.60 bits per heavy atom. The van der Waals surface area contributed by atoms with Gasteiger partial charge in [0.25, 0.3) is 0 Å². The van der Waals surface area contributed by atoms with Gasteiger partial charge in [-0.15, -0.1) is 0 Å². The quantitative estimate of drug-likeness (QED) is 0.712. The molecule has 0 saturated heterocycles. The predicted octanol–water partition coefficient (Wildman–Crippen LogP) is 2.94. The summed E-state index contributed by atoms with van der Waals surface area (Å²) in [6, 6.07) is 0. The SMILES string of the molecule is CC1(C)CCc2c(C(F)(F)F)n[nH]c2C1. The van der Waals surface area contributed by atoms with E-state index in [4.69, 9.17) is 0 Å². The lowest BCUT2D eigenvalue weighted by molar-refractivity contribution is -0.141. The lowest BCUT2D eigenvalue weighted by Gasteiger charge is -2.29. The van der Waals surface area contributed by atoms with E-state index >= 15 is 0 Å². The highest BCUT2D eigenvalue weighted by atomic mass is 19.4. The molecule has 84 valence electrons. The second-order valence-corrected chi connectivity index (χ2v) is 4.87. The van der Waals surface area contributed by atoms with Gasteiger partial charge >= 0.3 is 6.18 Å². The van der Waals surface area contributed by atoms with Crippen LogP contribution >= 0.6 is 0 Å². The van der Waals surface area contributed by atoms with Crippen LogP contribution in [0.15, 0.2) is 0 Å². The number of aromatic amines is 1. The maximum atomic E-state index is 12.5. The minimum Gasteiger partial charge on any atom is -0.282 e. The van der Waals surface area contributed by atoms with Crippen molar-refractivity contribution >= 4 is 0 Å². The second kappa shape index (κ2) is 3.00. The number of rotatable bonds is 0. The van der Waals surface area contributed by atoms with Crippen molar-refractivity contribution < 1.29 is 13.2 Å². The van der Waals surface area contributed by atoms with Crippen molar-refractivity contribution in [2.45, 2.75) is 39.3 Å². The zero-order chi connectivity index (χ0) is 11.3. The van der Waals surface area contributed by atoms with Crippen LogP contribution in [0.25, 0.3) is 0 Å². The fraction of sp³-hybridized carbons (Fsp3) is 0.700. The van der Waals surface area contributed by atoms with E-state index in [2.05, 4.69) is 24.0 Å². The summed E-state index contributed by atoms with van der Waals surface area (Å²) in [6.07, 6.45) is -2.44. The molecule has 0 unspecified atom stereocenters. The molecule has 0 aromatic carbocycles. The summed E-state index contributed by atoms with van der Waals surface area (Å²) in [4.78, 5) is 0. The zero-order valence-electron chi connectivity index (χ0n) is 8.70. The number of H-pyrrole nitrogens is 1. The molecule has 0 saturated carbocycles. The standard InChI is InChI=1S/C10H13F3N2/c1-9(2)4-3-6-7(5-9)14-15-8(6)10(11,12)13/h3-5H2,1-2H3,(H,14,15). The first-order chi connectivity index (χ1) is 6.80. The van der Waals surface area contributed by atoms with Crippen LogP contribution in [0.3, 0.4) is 0 Å². The van der Waals surface area contributed by atoms with Gasteiger partial charge in [-0.3, -0.25) is 5.10 Å². The van der Waals surface area contributed by atoms with E-state index in [-0.39, 0.29) is 5.41 Å². The van der Waals surface area contributed by atoms with Crippen LogP contribution in [0.2, 0.25) is 0 Å². The first-order valence-electron chi connectivity index (χ1n) is 4.93. The van der Waals surface area contributed by atoms with Gasteiger partial charge in [-0.1, -0.05) is 13.8 Å². The third-order valence-corrected chi connectivity index (χ3v) is 2.93. The maximum Gasteiger partial charge on any atom is 0.435 e. The van der Waals surface area contributed by atoms with Crippen LogP contribution in [0.4, 0.5) is 13.2 Å². The van der Waals surface area contributed by atoms with Crippen molar-refractivity contribution in [2.75, 3.05) is 0 Å². The molecule has 2 rings (SSSR count). The Hall–Kier alpha value is -1.00. The normalized spacial score (nSPS) is 20.1. The number of halogens is 3. The van der Waals surface area contributed by atoms with Gasteiger partial charge in [0.2, 0.25) is 0 Å². The van der Waals surface area contributed by atoms with Gasteiger partial charge in [0.15, 0.2) is 5.69 Å². The molecule has 1 aromatic rings. The van der Waals surface area contributed by atoms with Crippen molar-refractivity contribution in [2.24, 2.45) is 5.41 Å². The number of aromatic nitrogens is 2. The lowest BCUT2D eigenvalue weighted by atomic mass is 9.76. The number of hydrogen-bond donors (Lipinski definition) is 1. The van der Waals surface area contributed by atoms with Crippen LogP contribution in [0, 0.1) is 5.41 Å². The van der Waals surface area contributed by atoms with Crippen molar-refractivity contribution in [3.8, 4) is 0 Å². The Morgan fingerprint density at radius 1 is 1.33 bits per heavy atom. The lowest BCUT2D eigenvalue weighted by Crippen LogP contribution is -2.23. The molecule has 1 aliphatic rings. The predicted molar refractivity (Wildman–Crippen MR) is 49.4 cm³/mol. The molecule has 5 heteroatoms. The van der Waals surface area contributed by atoms with E-state index in [1.54, 1.807) is 0 Å². The van der Waals surface area contributed by atoms with E-state index in [9.17, 15) is 13.2 Å². The fourth-order valence-corrected chi connectivity index (χ4v) is 2.08. The van der Waals surface area contributed by atoms with Gasteiger partial charge < -0.3 is 0 Å². The highest BCUT2D eigenvalue weighted by Gasteiger charge is 2.40. The number of nitrogens with one attached hydrogen (secondary N) is 1.